The molecule has 2 aliphatic heterocycles. The van der Waals surface area contributed by atoms with Gasteiger partial charge in [0.05, 0.1) is 0 Å². The fourth-order valence-corrected chi connectivity index (χ4v) is 4.61. The van der Waals surface area contributed by atoms with Crippen molar-refractivity contribution in [2.24, 2.45) is 11.8 Å². The van der Waals surface area contributed by atoms with Crippen molar-refractivity contribution in [3.8, 4) is 11.1 Å². The van der Waals surface area contributed by atoms with Gasteiger partial charge < -0.3 is 15.5 Å². The van der Waals surface area contributed by atoms with Crippen molar-refractivity contribution in [2.75, 3.05) is 36.4 Å². The summed E-state index contributed by atoms with van der Waals surface area (Å²) in [4.78, 5) is 26.6. The molecule has 5 rings (SSSR count). The third-order valence-corrected chi connectivity index (χ3v) is 5.88. The zero-order valence-corrected chi connectivity index (χ0v) is 14.7. The van der Waals surface area contributed by atoms with Gasteiger partial charge in [0, 0.05) is 55.6 Å². The van der Waals surface area contributed by atoms with Crippen LogP contribution in [0.15, 0.2) is 36.4 Å². The van der Waals surface area contributed by atoms with Gasteiger partial charge in [-0.15, -0.1) is 0 Å². The van der Waals surface area contributed by atoms with Crippen molar-refractivity contribution in [3.63, 3.8) is 0 Å². The molecule has 0 spiro atoms. The van der Waals surface area contributed by atoms with E-state index in [9.17, 15) is 9.59 Å². The molecule has 0 aromatic heterocycles. The van der Waals surface area contributed by atoms with Crippen LogP contribution in [-0.2, 0) is 4.79 Å². The predicted octanol–water partition coefficient (Wildman–Crippen LogP) is 2.51. The number of carbonyl (C=O) groups excluding carboxylic acids is 2. The van der Waals surface area contributed by atoms with E-state index < -0.39 is 0 Å². The topological polar surface area (TPSA) is 61.4 Å². The summed E-state index contributed by atoms with van der Waals surface area (Å²) in [5.74, 6) is 1.35. The third-order valence-electron chi connectivity index (χ3n) is 5.88. The molecule has 2 aromatic carbocycles. The van der Waals surface area contributed by atoms with Crippen LogP contribution in [-0.4, -0.2) is 37.9 Å². The van der Waals surface area contributed by atoms with Gasteiger partial charge in [-0.1, -0.05) is 12.1 Å². The Balaban J connectivity index is 1.47. The van der Waals surface area contributed by atoms with E-state index in [0.29, 0.717) is 11.3 Å². The SMILES string of the molecule is CC(=O)Nc1ccc2c(c1)C(=O)c1cc(N3CC4CNCC4C3)ccc1-2. The molecule has 2 unspecified atom stereocenters. The van der Waals surface area contributed by atoms with E-state index in [4.69, 9.17) is 0 Å². The van der Waals surface area contributed by atoms with E-state index in [2.05, 4.69) is 27.7 Å². The van der Waals surface area contributed by atoms with Crippen molar-refractivity contribution < 1.29 is 9.59 Å². The van der Waals surface area contributed by atoms with E-state index in [0.717, 1.165) is 60.4 Å². The zero-order chi connectivity index (χ0) is 17.8. The maximum atomic E-state index is 12.9. The van der Waals surface area contributed by atoms with Gasteiger partial charge in [0.1, 0.15) is 0 Å². The lowest BCUT2D eigenvalue weighted by molar-refractivity contribution is -0.114. The second-order valence-corrected chi connectivity index (χ2v) is 7.58. The lowest BCUT2D eigenvalue weighted by Gasteiger charge is -2.20. The number of hydrogen-bond acceptors (Lipinski definition) is 4. The number of nitrogens with zero attached hydrogens (tertiary/aromatic N) is 1. The highest BCUT2D eigenvalue weighted by molar-refractivity contribution is 6.22. The van der Waals surface area contributed by atoms with Crippen LogP contribution in [0.2, 0.25) is 0 Å². The number of nitrogens with one attached hydrogen (secondary N) is 2. The molecular formula is C21H21N3O2. The first kappa shape index (κ1) is 15.6. The molecule has 0 saturated carbocycles. The Hall–Kier alpha value is -2.66. The summed E-state index contributed by atoms with van der Waals surface area (Å²) in [6.45, 7) is 5.79. The molecule has 26 heavy (non-hydrogen) atoms. The minimum atomic E-state index is -0.135. The summed E-state index contributed by atoms with van der Waals surface area (Å²) in [5.41, 5.74) is 5.19. The van der Waals surface area contributed by atoms with Crippen LogP contribution < -0.4 is 15.5 Å². The molecule has 0 bridgehead atoms. The third kappa shape index (κ3) is 2.35. The molecule has 1 amide bonds. The summed E-state index contributed by atoms with van der Waals surface area (Å²) in [6.07, 6.45) is 0. The highest BCUT2D eigenvalue weighted by atomic mass is 16.1. The highest BCUT2D eigenvalue weighted by Gasteiger charge is 2.37. The average Bonchev–Trinajstić information content (AvgIpc) is 3.28. The molecule has 132 valence electrons. The number of amides is 1. The largest absolute Gasteiger partial charge is 0.371 e. The summed E-state index contributed by atoms with van der Waals surface area (Å²) in [7, 11) is 0. The Labute approximate surface area is 152 Å². The molecule has 2 aromatic rings. The summed E-state index contributed by atoms with van der Waals surface area (Å²) in [6, 6.07) is 11.8. The first-order valence-corrected chi connectivity index (χ1v) is 9.16. The van der Waals surface area contributed by atoms with Crippen LogP contribution in [0.1, 0.15) is 22.8 Å². The molecular weight excluding hydrogens is 326 g/mol. The second-order valence-electron chi connectivity index (χ2n) is 7.58. The Morgan fingerprint density at radius 1 is 1.00 bits per heavy atom. The predicted molar refractivity (Wildman–Crippen MR) is 102 cm³/mol. The van der Waals surface area contributed by atoms with Gasteiger partial charge in [0.15, 0.2) is 5.78 Å². The summed E-state index contributed by atoms with van der Waals surface area (Å²) < 4.78 is 0. The number of anilines is 2. The molecule has 5 heteroatoms. The monoisotopic (exact) mass is 347 g/mol. The first-order chi connectivity index (χ1) is 12.6. The number of fused-ring (bicyclic) bond motifs is 4. The van der Waals surface area contributed by atoms with Crippen LogP contribution >= 0.6 is 0 Å². The van der Waals surface area contributed by atoms with Gasteiger partial charge in [0.2, 0.25) is 5.91 Å². The number of hydrogen-bond donors (Lipinski definition) is 2. The van der Waals surface area contributed by atoms with E-state index in [1.165, 1.54) is 6.92 Å². The molecule has 2 atom stereocenters. The molecule has 5 nitrogen and oxygen atoms in total. The minimum absolute atomic E-state index is 0.0464. The number of rotatable bonds is 2. The second kappa shape index (κ2) is 5.68. The van der Waals surface area contributed by atoms with Crippen LogP contribution in [0.5, 0.6) is 0 Å². The first-order valence-electron chi connectivity index (χ1n) is 9.16. The minimum Gasteiger partial charge on any atom is -0.371 e. The number of carbonyl (C=O) groups is 2. The van der Waals surface area contributed by atoms with Crippen molar-refractivity contribution >= 4 is 23.1 Å². The van der Waals surface area contributed by atoms with Crippen LogP contribution in [0.4, 0.5) is 11.4 Å². The van der Waals surface area contributed by atoms with Crippen LogP contribution in [0.25, 0.3) is 11.1 Å². The van der Waals surface area contributed by atoms with Gasteiger partial charge in [-0.25, -0.2) is 0 Å². The average molecular weight is 347 g/mol. The quantitative estimate of drug-likeness (QED) is 0.748. The normalized spacial score (nSPS) is 23.0. The molecule has 1 aliphatic carbocycles. The fourth-order valence-electron chi connectivity index (χ4n) is 4.61. The summed E-state index contributed by atoms with van der Waals surface area (Å²) >= 11 is 0. The van der Waals surface area contributed by atoms with E-state index in [1.54, 1.807) is 6.07 Å². The zero-order valence-electron chi connectivity index (χ0n) is 14.7. The maximum absolute atomic E-state index is 12.9. The van der Waals surface area contributed by atoms with Gasteiger partial charge in [-0.05, 0) is 47.2 Å². The Bertz CT molecular complexity index is 925. The molecule has 2 fully saturated rings. The molecule has 2 saturated heterocycles. The molecule has 3 aliphatic rings. The standard InChI is InChI=1S/C21H21N3O2/c1-12(25)23-15-2-4-17-18-5-3-16(7-20(18)21(26)19(17)6-15)24-10-13-8-22-9-14(13)11-24/h2-7,13-14,22H,8-11H2,1H3,(H,23,25). The molecule has 2 heterocycles. The van der Waals surface area contributed by atoms with E-state index >= 15 is 0 Å². The fraction of sp³-hybridized carbons (Fsp3) is 0.333. The van der Waals surface area contributed by atoms with Crippen molar-refractivity contribution in [1.29, 1.82) is 0 Å². The van der Waals surface area contributed by atoms with Gasteiger partial charge in [-0.3, -0.25) is 9.59 Å². The number of benzene rings is 2. The van der Waals surface area contributed by atoms with E-state index in [-0.39, 0.29) is 11.7 Å². The molecule has 0 radical (unpaired) electrons. The lowest BCUT2D eigenvalue weighted by Crippen LogP contribution is -2.25. The Morgan fingerprint density at radius 2 is 1.65 bits per heavy atom. The van der Waals surface area contributed by atoms with Gasteiger partial charge in [0.25, 0.3) is 0 Å². The summed E-state index contributed by atoms with van der Waals surface area (Å²) in [5, 5.41) is 6.22. The van der Waals surface area contributed by atoms with Crippen LogP contribution in [0, 0.1) is 11.8 Å². The van der Waals surface area contributed by atoms with Crippen molar-refractivity contribution in [3.05, 3.63) is 47.5 Å². The lowest BCUT2D eigenvalue weighted by atomic mass is 10.0. The van der Waals surface area contributed by atoms with Gasteiger partial charge >= 0.3 is 0 Å². The van der Waals surface area contributed by atoms with E-state index in [1.807, 2.05) is 18.2 Å². The van der Waals surface area contributed by atoms with Crippen molar-refractivity contribution in [1.82, 2.24) is 5.32 Å². The maximum Gasteiger partial charge on any atom is 0.221 e. The Morgan fingerprint density at radius 3 is 2.35 bits per heavy atom. The van der Waals surface area contributed by atoms with Crippen molar-refractivity contribution in [2.45, 2.75) is 6.92 Å². The van der Waals surface area contributed by atoms with Gasteiger partial charge in [-0.2, -0.15) is 0 Å². The van der Waals surface area contributed by atoms with Crippen LogP contribution in [0.3, 0.4) is 0 Å². The molecule has 2 N–H and O–H groups in total. The smallest absolute Gasteiger partial charge is 0.221 e. The number of ketones is 1. The Kier molecular flexibility index (Phi) is 3.40. The highest BCUT2D eigenvalue weighted by Crippen LogP contribution is 2.40.